The van der Waals surface area contributed by atoms with Gasteiger partial charge in [0.1, 0.15) is 12.4 Å². The minimum atomic E-state index is -3.33. The summed E-state index contributed by atoms with van der Waals surface area (Å²) in [7, 11) is -3.33. The molecule has 0 unspecified atom stereocenters. The van der Waals surface area contributed by atoms with Crippen LogP contribution in [0.25, 0.3) is 0 Å². The van der Waals surface area contributed by atoms with E-state index in [1.165, 1.54) is 11.8 Å². The number of aromatic nitrogens is 3. The van der Waals surface area contributed by atoms with Gasteiger partial charge in [0.2, 0.25) is 0 Å². The molecule has 2 aromatic carbocycles. The first-order chi connectivity index (χ1) is 14.0. The highest BCUT2D eigenvalue weighted by molar-refractivity contribution is 8.00. The number of sulfone groups is 1. The van der Waals surface area contributed by atoms with Crippen molar-refractivity contribution >= 4 is 33.2 Å². The van der Waals surface area contributed by atoms with Gasteiger partial charge in [-0.1, -0.05) is 47.6 Å². The minimum Gasteiger partial charge on any atom is -0.486 e. The van der Waals surface area contributed by atoms with Crippen molar-refractivity contribution in [1.82, 2.24) is 14.8 Å². The van der Waals surface area contributed by atoms with E-state index in [0.29, 0.717) is 38.9 Å². The summed E-state index contributed by atoms with van der Waals surface area (Å²) in [6.45, 7) is 4.50. The Kier molecular flexibility index (Phi) is 7.35. The number of hydrogen-bond donors (Lipinski definition) is 0. The standard InChI is InChI=1S/C20H20ClN3O3S2/c1-2-12-24-19(15-27-17-10-8-16(21)9-11-17)22-23-20(24)28-13-14-29(25,26)18-6-4-3-5-7-18/h2-11H,1,12-15H2. The Labute approximate surface area is 179 Å². The van der Waals surface area contributed by atoms with Gasteiger partial charge in [-0.25, -0.2) is 8.42 Å². The van der Waals surface area contributed by atoms with Crippen LogP contribution in [-0.4, -0.2) is 34.7 Å². The van der Waals surface area contributed by atoms with Gasteiger partial charge in [0.15, 0.2) is 20.8 Å². The van der Waals surface area contributed by atoms with Crippen molar-refractivity contribution in [2.45, 2.75) is 23.2 Å². The maximum absolute atomic E-state index is 12.4. The zero-order valence-electron chi connectivity index (χ0n) is 15.6. The van der Waals surface area contributed by atoms with E-state index < -0.39 is 9.84 Å². The fourth-order valence-electron chi connectivity index (χ4n) is 2.51. The minimum absolute atomic E-state index is 0.0131. The molecule has 3 aromatic rings. The van der Waals surface area contributed by atoms with Crippen molar-refractivity contribution in [3.63, 3.8) is 0 Å². The Hall–Kier alpha value is -2.29. The first-order valence-corrected chi connectivity index (χ1v) is 11.8. The molecule has 152 valence electrons. The Morgan fingerprint density at radius 3 is 2.52 bits per heavy atom. The van der Waals surface area contributed by atoms with Gasteiger partial charge in [-0.15, -0.1) is 16.8 Å². The average molecular weight is 450 g/mol. The third kappa shape index (κ3) is 5.85. The van der Waals surface area contributed by atoms with Crippen LogP contribution in [0.1, 0.15) is 5.82 Å². The topological polar surface area (TPSA) is 74.1 Å². The highest BCUT2D eigenvalue weighted by atomic mass is 35.5. The predicted molar refractivity (Wildman–Crippen MR) is 115 cm³/mol. The summed E-state index contributed by atoms with van der Waals surface area (Å²) in [5.74, 6) is 1.68. The molecule has 0 aliphatic heterocycles. The Morgan fingerprint density at radius 1 is 1.10 bits per heavy atom. The molecule has 0 amide bonds. The number of allylic oxidation sites excluding steroid dienone is 1. The lowest BCUT2D eigenvalue weighted by atomic mass is 10.3. The summed E-state index contributed by atoms with van der Waals surface area (Å²) >= 11 is 7.22. The Morgan fingerprint density at radius 2 is 1.83 bits per heavy atom. The van der Waals surface area contributed by atoms with Crippen LogP contribution in [-0.2, 0) is 23.0 Å². The van der Waals surface area contributed by atoms with Gasteiger partial charge in [-0.3, -0.25) is 4.57 Å². The largest absolute Gasteiger partial charge is 0.486 e. The fraction of sp³-hybridized carbons (Fsp3) is 0.200. The van der Waals surface area contributed by atoms with Gasteiger partial charge in [0.25, 0.3) is 0 Å². The maximum Gasteiger partial charge on any atom is 0.191 e. The third-order valence-corrected chi connectivity index (χ3v) is 7.18. The zero-order valence-corrected chi connectivity index (χ0v) is 18.0. The molecule has 9 heteroatoms. The van der Waals surface area contributed by atoms with Crippen LogP contribution in [0.3, 0.4) is 0 Å². The molecule has 0 aliphatic carbocycles. The molecule has 1 heterocycles. The van der Waals surface area contributed by atoms with Gasteiger partial charge >= 0.3 is 0 Å². The van der Waals surface area contributed by atoms with Crippen molar-refractivity contribution in [3.05, 3.63) is 78.1 Å². The lowest BCUT2D eigenvalue weighted by Crippen LogP contribution is -2.10. The number of rotatable bonds is 10. The molecule has 0 fully saturated rings. The van der Waals surface area contributed by atoms with Crippen molar-refractivity contribution in [1.29, 1.82) is 0 Å². The number of halogens is 1. The van der Waals surface area contributed by atoms with Crippen LogP contribution in [0.2, 0.25) is 5.02 Å². The van der Waals surface area contributed by atoms with Gasteiger partial charge in [-0.05, 0) is 36.4 Å². The van der Waals surface area contributed by atoms with Gasteiger partial charge < -0.3 is 4.74 Å². The van der Waals surface area contributed by atoms with Gasteiger partial charge in [-0.2, -0.15) is 0 Å². The molecule has 0 spiro atoms. The second-order valence-corrected chi connectivity index (χ2v) is 9.63. The van der Waals surface area contributed by atoms with E-state index in [9.17, 15) is 8.42 Å². The zero-order chi connectivity index (χ0) is 20.7. The highest BCUT2D eigenvalue weighted by Crippen LogP contribution is 2.21. The Balaban J connectivity index is 1.63. The number of nitrogens with zero attached hydrogens (tertiary/aromatic N) is 3. The van der Waals surface area contributed by atoms with Crippen LogP contribution >= 0.6 is 23.4 Å². The van der Waals surface area contributed by atoms with Crippen LogP contribution in [0.5, 0.6) is 5.75 Å². The van der Waals surface area contributed by atoms with E-state index in [1.807, 2.05) is 4.57 Å². The molecule has 0 aliphatic rings. The van der Waals surface area contributed by atoms with Crippen molar-refractivity contribution in [3.8, 4) is 5.75 Å². The maximum atomic E-state index is 12.4. The van der Waals surface area contributed by atoms with E-state index in [-0.39, 0.29) is 12.4 Å². The van der Waals surface area contributed by atoms with Crippen molar-refractivity contribution in [2.24, 2.45) is 0 Å². The molecule has 0 atom stereocenters. The number of benzene rings is 2. The van der Waals surface area contributed by atoms with Crippen LogP contribution in [0.15, 0.2) is 77.3 Å². The smallest absolute Gasteiger partial charge is 0.191 e. The molecular weight excluding hydrogens is 430 g/mol. The van der Waals surface area contributed by atoms with E-state index >= 15 is 0 Å². The first kappa shape index (κ1) is 21.4. The molecule has 0 bridgehead atoms. The summed E-state index contributed by atoms with van der Waals surface area (Å²) in [5, 5.41) is 9.63. The first-order valence-electron chi connectivity index (χ1n) is 8.81. The monoisotopic (exact) mass is 449 g/mol. The quantitative estimate of drug-likeness (QED) is 0.340. The molecule has 0 saturated heterocycles. The van der Waals surface area contributed by atoms with Crippen molar-refractivity contribution in [2.75, 3.05) is 11.5 Å². The molecule has 1 aromatic heterocycles. The van der Waals surface area contributed by atoms with E-state index in [2.05, 4.69) is 16.8 Å². The summed E-state index contributed by atoms with van der Waals surface area (Å²) in [6, 6.07) is 15.5. The molecular formula is C20H20ClN3O3S2. The normalized spacial score (nSPS) is 11.3. The fourth-order valence-corrected chi connectivity index (χ4v) is 5.27. The van der Waals surface area contributed by atoms with Crippen LogP contribution in [0.4, 0.5) is 0 Å². The van der Waals surface area contributed by atoms with Crippen LogP contribution in [0, 0.1) is 0 Å². The third-order valence-electron chi connectivity index (χ3n) is 3.97. The molecule has 3 rings (SSSR count). The molecule has 0 radical (unpaired) electrons. The Bertz CT molecular complexity index is 1050. The molecule has 6 nitrogen and oxygen atoms in total. The van der Waals surface area contributed by atoms with Crippen molar-refractivity contribution < 1.29 is 13.2 Å². The SMILES string of the molecule is C=CCn1c(COc2ccc(Cl)cc2)nnc1SCCS(=O)(=O)c1ccccc1. The predicted octanol–water partition coefficient (Wildman–Crippen LogP) is 4.26. The van der Waals surface area contributed by atoms with Crippen LogP contribution < -0.4 is 4.74 Å². The lowest BCUT2D eigenvalue weighted by Gasteiger charge is -2.09. The number of hydrogen-bond acceptors (Lipinski definition) is 6. The van der Waals surface area contributed by atoms with Gasteiger partial charge in [0.05, 0.1) is 10.6 Å². The second-order valence-electron chi connectivity index (χ2n) is 6.02. The lowest BCUT2D eigenvalue weighted by molar-refractivity contribution is 0.289. The number of thioether (sulfide) groups is 1. The molecule has 0 saturated carbocycles. The summed E-state index contributed by atoms with van der Waals surface area (Å²) < 4.78 is 32.4. The average Bonchev–Trinajstić information content (AvgIpc) is 3.10. The molecule has 0 N–H and O–H groups in total. The summed E-state index contributed by atoms with van der Waals surface area (Å²) in [6.07, 6.45) is 1.74. The summed E-state index contributed by atoms with van der Waals surface area (Å²) in [4.78, 5) is 0.324. The second kappa shape index (κ2) is 9.96. The highest BCUT2D eigenvalue weighted by Gasteiger charge is 2.17. The number of ether oxygens (including phenoxy) is 1. The van der Waals surface area contributed by atoms with E-state index in [4.69, 9.17) is 16.3 Å². The summed E-state index contributed by atoms with van der Waals surface area (Å²) in [5.41, 5.74) is 0. The van der Waals surface area contributed by atoms with E-state index in [0.717, 1.165) is 0 Å². The van der Waals surface area contributed by atoms with E-state index in [1.54, 1.807) is 60.7 Å². The molecule has 29 heavy (non-hydrogen) atoms. The van der Waals surface area contributed by atoms with Gasteiger partial charge in [0, 0.05) is 17.3 Å².